The number of nitrogens with zero attached hydrogens (tertiary/aromatic N) is 2. The number of nitrogens with one attached hydrogen (secondary N) is 1. The first-order chi connectivity index (χ1) is 22.9. The number of likely N-dealkylation sites (N-methyl/N-ethyl adjacent to an activating group) is 1. The fourth-order valence-corrected chi connectivity index (χ4v) is 7.05. The third kappa shape index (κ3) is 8.13. The Bertz CT molecular complexity index is 1820. The predicted molar refractivity (Wildman–Crippen MR) is 182 cm³/mol. The summed E-state index contributed by atoms with van der Waals surface area (Å²) in [5.41, 5.74) is 5.01. The number of aromatic nitrogens is 1. The summed E-state index contributed by atoms with van der Waals surface area (Å²) in [6, 6.07) is 39.5. The fourth-order valence-electron chi connectivity index (χ4n) is 5.98. The van der Waals surface area contributed by atoms with Crippen LogP contribution in [0.3, 0.4) is 0 Å². The molecule has 242 valence electrons. The number of hydrogen-bond donors (Lipinski definition) is 2. The minimum absolute atomic E-state index is 0.0466. The fraction of sp³-hybridized carbons (Fsp3) is 0.237. The normalized spacial score (nSPS) is 19.8. The van der Waals surface area contributed by atoms with E-state index >= 15 is 0 Å². The van der Waals surface area contributed by atoms with Crippen LogP contribution in [0.2, 0.25) is 0 Å². The highest BCUT2D eigenvalue weighted by atomic mass is 32.2. The molecule has 8 nitrogen and oxygen atoms in total. The zero-order chi connectivity index (χ0) is 32.6. The second-order valence-electron chi connectivity index (χ2n) is 11.8. The Morgan fingerprint density at radius 2 is 1.49 bits per heavy atom. The van der Waals surface area contributed by atoms with Gasteiger partial charge >= 0.3 is 0 Å². The number of rotatable bonds is 12. The van der Waals surface area contributed by atoms with Gasteiger partial charge in [-0.1, -0.05) is 91.0 Å². The first-order valence-corrected chi connectivity index (χ1v) is 17.2. The number of ether oxygens (including phenoxy) is 2. The van der Waals surface area contributed by atoms with E-state index in [0.29, 0.717) is 17.8 Å². The van der Waals surface area contributed by atoms with E-state index < -0.39 is 16.3 Å². The minimum Gasteiger partial charge on any atom is -0.392 e. The molecule has 1 aromatic heterocycles. The van der Waals surface area contributed by atoms with Crippen LogP contribution in [-0.4, -0.2) is 49.6 Å². The Labute approximate surface area is 276 Å². The van der Waals surface area contributed by atoms with Gasteiger partial charge in [-0.2, -0.15) is 0 Å². The molecule has 47 heavy (non-hydrogen) atoms. The molecule has 0 spiro atoms. The first kappa shape index (κ1) is 32.6. The number of benzene rings is 4. The van der Waals surface area contributed by atoms with E-state index in [1.807, 2.05) is 72.9 Å². The van der Waals surface area contributed by atoms with Crippen LogP contribution < -0.4 is 4.72 Å². The van der Waals surface area contributed by atoms with Gasteiger partial charge in [-0.15, -0.1) is 0 Å². The molecule has 0 saturated carbocycles. The highest BCUT2D eigenvalue weighted by Crippen LogP contribution is 2.47. The molecular weight excluding hydrogens is 611 g/mol. The molecule has 0 aliphatic carbocycles. The Balaban J connectivity index is 1.33. The Morgan fingerprint density at radius 3 is 2.19 bits per heavy atom. The van der Waals surface area contributed by atoms with E-state index in [1.54, 1.807) is 48.5 Å². The second-order valence-corrected chi connectivity index (χ2v) is 13.5. The summed E-state index contributed by atoms with van der Waals surface area (Å²) in [6.07, 6.45) is 1.18. The SMILES string of the molecule is CN(CCc1ccccn1)CC1OC(c2cccc(NS(=O)(=O)c3ccccc3)c2)OC(c2ccc(CO)cc2)C1c1ccccc1. The number of sulfonamides is 1. The molecule has 0 amide bonds. The first-order valence-electron chi connectivity index (χ1n) is 15.7. The zero-order valence-corrected chi connectivity index (χ0v) is 27.0. The molecule has 4 unspecified atom stereocenters. The van der Waals surface area contributed by atoms with Crippen LogP contribution in [-0.2, 0) is 32.5 Å². The summed E-state index contributed by atoms with van der Waals surface area (Å²) in [6.45, 7) is 1.36. The van der Waals surface area contributed by atoms with Crippen molar-refractivity contribution in [3.63, 3.8) is 0 Å². The monoisotopic (exact) mass is 649 g/mol. The standard InChI is InChI=1S/C38H39N3O5S/c1-41(24-22-32-14-8-9-23-39-32)26-35-36(29-11-4-2-5-12-29)37(30-20-18-28(27-42)19-21-30)46-38(45-35)31-13-10-15-33(25-31)40-47(43,44)34-16-6-3-7-17-34/h2-21,23,25,35-38,40,42H,22,24,26-27H2,1H3. The smallest absolute Gasteiger partial charge is 0.261 e. The minimum atomic E-state index is -3.79. The number of anilines is 1. The van der Waals surface area contributed by atoms with Gasteiger partial charge in [0.05, 0.1) is 23.7 Å². The molecule has 2 N–H and O–H groups in total. The van der Waals surface area contributed by atoms with Crippen molar-refractivity contribution in [3.05, 3.63) is 162 Å². The molecule has 2 heterocycles. The van der Waals surface area contributed by atoms with Gasteiger partial charge in [0.1, 0.15) is 0 Å². The van der Waals surface area contributed by atoms with Crippen LogP contribution in [0.15, 0.2) is 138 Å². The molecule has 1 fully saturated rings. The van der Waals surface area contributed by atoms with Crippen molar-refractivity contribution in [3.8, 4) is 0 Å². The summed E-state index contributed by atoms with van der Waals surface area (Å²) in [5.74, 6) is -0.149. The Kier molecular flexibility index (Phi) is 10.4. The average Bonchev–Trinajstić information content (AvgIpc) is 3.11. The number of pyridine rings is 1. The summed E-state index contributed by atoms with van der Waals surface area (Å²) < 4.78 is 42.6. The van der Waals surface area contributed by atoms with E-state index in [4.69, 9.17) is 9.47 Å². The van der Waals surface area contributed by atoms with Crippen LogP contribution in [0, 0.1) is 0 Å². The van der Waals surface area contributed by atoms with Crippen molar-refractivity contribution in [1.82, 2.24) is 9.88 Å². The lowest BCUT2D eigenvalue weighted by Gasteiger charge is -2.44. The van der Waals surface area contributed by atoms with Crippen molar-refractivity contribution < 1.29 is 23.0 Å². The molecule has 4 aromatic carbocycles. The van der Waals surface area contributed by atoms with Gasteiger partial charge in [0.2, 0.25) is 0 Å². The molecule has 4 atom stereocenters. The lowest BCUT2D eigenvalue weighted by Crippen LogP contribution is -2.43. The van der Waals surface area contributed by atoms with Crippen LogP contribution in [0.4, 0.5) is 5.69 Å². The maximum Gasteiger partial charge on any atom is 0.261 e. The van der Waals surface area contributed by atoms with Crippen molar-refractivity contribution >= 4 is 15.7 Å². The van der Waals surface area contributed by atoms with Gasteiger partial charge in [-0.3, -0.25) is 9.71 Å². The Hall–Kier alpha value is -4.38. The van der Waals surface area contributed by atoms with Crippen LogP contribution in [0.1, 0.15) is 46.3 Å². The van der Waals surface area contributed by atoms with E-state index in [2.05, 4.69) is 33.8 Å². The third-order valence-corrected chi connectivity index (χ3v) is 9.80. The van der Waals surface area contributed by atoms with Crippen molar-refractivity contribution in [2.75, 3.05) is 24.9 Å². The van der Waals surface area contributed by atoms with E-state index in [9.17, 15) is 13.5 Å². The number of aliphatic hydroxyl groups is 1. The van der Waals surface area contributed by atoms with Gasteiger partial charge in [0.25, 0.3) is 10.0 Å². The zero-order valence-electron chi connectivity index (χ0n) is 26.2. The maximum atomic E-state index is 13.1. The van der Waals surface area contributed by atoms with Crippen LogP contribution >= 0.6 is 0 Å². The van der Waals surface area contributed by atoms with Crippen molar-refractivity contribution in [2.24, 2.45) is 0 Å². The van der Waals surface area contributed by atoms with E-state index in [0.717, 1.165) is 35.3 Å². The van der Waals surface area contributed by atoms with E-state index in [1.165, 1.54) is 0 Å². The summed E-state index contributed by atoms with van der Waals surface area (Å²) >= 11 is 0. The molecule has 6 rings (SSSR count). The topological polar surface area (TPSA) is 101 Å². The summed E-state index contributed by atoms with van der Waals surface area (Å²) in [5, 5.41) is 9.70. The molecule has 1 saturated heterocycles. The summed E-state index contributed by atoms with van der Waals surface area (Å²) in [7, 11) is -1.70. The van der Waals surface area contributed by atoms with Crippen LogP contribution in [0.5, 0.6) is 0 Å². The van der Waals surface area contributed by atoms with Gasteiger partial charge in [-0.25, -0.2) is 8.42 Å². The van der Waals surface area contributed by atoms with Crippen molar-refractivity contribution in [1.29, 1.82) is 0 Å². The number of hydrogen-bond acceptors (Lipinski definition) is 7. The van der Waals surface area contributed by atoms with Gasteiger partial charge in [0.15, 0.2) is 6.29 Å². The lowest BCUT2D eigenvalue weighted by atomic mass is 9.83. The highest BCUT2D eigenvalue weighted by Gasteiger charge is 2.42. The Morgan fingerprint density at radius 1 is 0.787 bits per heavy atom. The number of aliphatic hydroxyl groups excluding tert-OH is 1. The highest BCUT2D eigenvalue weighted by molar-refractivity contribution is 7.92. The molecule has 1 aliphatic rings. The molecule has 9 heteroatoms. The maximum absolute atomic E-state index is 13.1. The molecule has 0 radical (unpaired) electrons. The lowest BCUT2D eigenvalue weighted by molar-refractivity contribution is -0.263. The molecule has 1 aliphatic heterocycles. The molecular formula is C38H39N3O5S. The van der Waals surface area contributed by atoms with Gasteiger partial charge in [-0.05, 0) is 60.1 Å². The van der Waals surface area contributed by atoms with Gasteiger partial charge in [0, 0.05) is 48.6 Å². The summed E-state index contributed by atoms with van der Waals surface area (Å²) in [4.78, 5) is 6.93. The third-order valence-electron chi connectivity index (χ3n) is 8.40. The quantitative estimate of drug-likeness (QED) is 0.159. The molecule has 0 bridgehead atoms. The largest absolute Gasteiger partial charge is 0.392 e. The van der Waals surface area contributed by atoms with Crippen LogP contribution in [0.25, 0.3) is 0 Å². The second kappa shape index (κ2) is 15.0. The van der Waals surface area contributed by atoms with E-state index in [-0.39, 0.29) is 29.6 Å². The predicted octanol–water partition coefficient (Wildman–Crippen LogP) is 6.49. The van der Waals surface area contributed by atoms with Gasteiger partial charge < -0.3 is 19.5 Å². The average molecular weight is 650 g/mol. The molecule has 5 aromatic rings. The van der Waals surface area contributed by atoms with Crippen molar-refractivity contribution in [2.45, 2.75) is 42.3 Å².